The summed E-state index contributed by atoms with van der Waals surface area (Å²) in [5.41, 5.74) is 3.87. The molecule has 5 rings (SSSR count). The fourth-order valence-corrected chi connectivity index (χ4v) is 4.44. The van der Waals surface area contributed by atoms with E-state index in [1.54, 1.807) is 22.2 Å². The molecular formula is C26H26N4O4. The highest BCUT2D eigenvalue weighted by Crippen LogP contribution is 2.33. The maximum Gasteiger partial charge on any atom is 0.253 e. The number of nitrogens with zero attached hydrogens (tertiary/aromatic N) is 3. The third-order valence-corrected chi connectivity index (χ3v) is 6.16. The average molecular weight is 459 g/mol. The van der Waals surface area contributed by atoms with Crippen molar-refractivity contribution in [2.24, 2.45) is 0 Å². The molecule has 0 radical (unpaired) electrons. The van der Waals surface area contributed by atoms with Crippen molar-refractivity contribution in [2.75, 3.05) is 6.79 Å². The SMILES string of the molecule is CCn1nc(C)c2c(-c3ccccc3)cc(=O)n(C(C)C(=O)NCc3ccc4c(c3)OCO4)c21. The second kappa shape index (κ2) is 8.70. The second-order valence-corrected chi connectivity index (χ2v) is 8.31. The molecule has 0 saturated heterocycles. The van der Waals surface area contributed by atoms with E-state index in [1.807, 2.05) is 62.4 Å². The number of amides is 1. The van der Waals surface area contributed by atoms with Gasteiger partial charge in [0.2, 0.25) is 12.7 Å². The number of aryl methyl sites for hydroxylation is 2. The van der Waals surface area contributed by atoms with E-state index in [2.05, 4.69) is 10.4 Å². The minimum Gasteiger partial charge on any atom is -0.454 e. The lowest BCUT2D eigenvalue weighted by Crippen LogP contribution is -2.36. The molecular weight excluding hydrogens is 432 g/mol. The van der Waals surface area contributed by atoms with Crippen LogP contribution < -0.4 is 20.3 Å². The Morgan fingerprint density at radius 2 is 1.88 bits per heavy atom. The first-order valence-corrected chi connectivity index (χ1v) is 11.3. The number of pyridine rings is 1. The molecule has 3 heterocycles. The van der Waals surface area contributed by atoms with Crippen LogP contribution in [0.5, 0.6) is 11.5 Å². The minimum absolute atomic E-state index is 0.199. The molecule has 1 aliphatic rings. The molecule has 4 aromatic rings. The van der Waals surface area contributed by atoms with Gasteiger partial charge in [0.05, 0.1) is 5.69 Å². The van der Waals surface area contributed by atoms with Gasteiger partial charge in [-0.1, -0.05) is 36.4 Å². The van der Waals surface area contributed by atoms with Crippen molar-refractivity contribution in [2.45, 2.75) is 39.9 Å². The number of fused-ring (bicyclic) bond motifs is 2. The van der Waals surface area contributed by atoms with Crippen LogP contribution in [0, 0.1) is 6.92 Å². The fourth-order valence-electron chi connectivity index (χ4n) is 4.44. The lowest BCUT2D eigenvalue weighted by atomic mass is 10.0. The van der Waals surface area contributed by atoms with Crippen LogP contribution >= 0.6 is 0 Å². The Balaban J connectivity index is 1.51. The molecule has 1 N–H and O–H groups in total. The Morgan fingerprint density at radius 3 is 2.65 bits per heavy atom. The van der Waals surface area contributed by atoms with Gasteiger partial charge < -0.3 is 14.8 Å². The summed E-state index contributed by atoms with van der Waals surface area (Å²) in [5, 5.41) is 8.49. The molecule has 0 bridgehead atoms. The number of carbonyl (C=O) groups excluding carboxylic acids is 1. The average Bonchev–Trinajstić information content (AvgIpc) is 3.46. The zero-order valence-corrected chi connectivity index (χ0v) is 19.4. The van der Waals surface area contributed by atoms with Crippen molar-refractivity contribution < 1.29 is 14.3 Å². The molecule has 1 aliphatic heterocycles. The van der Waals surface area contributed by atoms with E-state index >= 15 is 0 Å². The Labute approximate surface area is 196 Å². The Hall–Kier alpha value is -4.07. The van der Waals surface area contributed by atoms with Gasteiger partial charge in [-0.2, -0.15) is 5.10 Å². The van der Waals surface area contributed by atoms with Gasteiger partial charge in [-0.25, -0.2) is 4.68 Å². The number of nitrogens with one attached hydrogen (secondary N) is 1. The Bertz CT molecular complexity index is 1440. The second-order valence-electron chi connectivity index (χ2n) is 8.31. The number of hydrogen-bond donors (Lipinski definition) is 1. The van der Waals surface area contributed by atoms with Crippen LogP contribution in [0.3, 0.4) is 0 Å². The van der Waals surface area contributed by atoms with Crippen molar-refractivity contribution in [1.29, 1.82) is 0 Å². The molecule has 34 heavy (non-hydrogen) atoms. The maximum atomic E-state index is 13.4. The van der Waals surface area contributed by atoms with Gasteiger partial charge in [0.1, 0.15) is 11.7 Å². The van der Waals surface area contributed by atoms with E-state index < -0.39 is 6.04 Å². The summed E-state index contributed by atoms with van der Waals surface area (Å²) in [6, 6.07) is 16.2. The number of ether oxygens (including phenoxy) is 2. The van der Waals surface area contributed by atoms with E-state index in [-0.39, 0.29) is 18.3 Å². The fraction of sp³-hybridized carbons (Fsp3) is 0.269. The van der Waals surface area contributed by atoms with Crippen molar-refractivity contribution in [1.82, 2.24) is 19.7 Å². The van der Waals surface area contributed by atoms with Gasteiger partial charge in [0.15, 0.2) is 11.5 Å². The van der Waals surface area contributed by atoms with Gasteiger partial charge in [0, 0.05) is 24.5 Å². The highest BCUT2D eigenvalue weighted by molar-refractivity contribution is 5.96. The molecule has 0 spiro atoms. The molecule has 0 saturated carbocycles. The van der Waals surface area contributed by atoms with Crippen LogP contribution in [0.25, 0.3) is 22.2 Å². The van der Waals surface area contributed by atoms with Gasteiger partial charge in [-0.3, -0.25) is 14.2 Å². The normalized spacial score (nSPS) is 13.3. The van der Waals surface area contributed by atoms with Crippen LogP contribution in [0.2, 0.25) is 0 Å². The van der Waals surface area contributed by atoms with Crippen molar-refractivity contribution in [3.63, 3.8) is 0 Å². The van der Waals surface area contributed by atoms with Crippen LogP contribution in [-0.2, 0) is 17.9 Å². The zero-order chi connectivity index (χ0) is 23.8. The van der Waals surface area contributed by atoms with E-state index in [1.165, 1.54) is 0 Å². The molecule has 0 fully saturated rings. The summed E-state index contributed by atoms with van der Waals surface area (Å²) < 4.78 is 14.1. The Kier molecular flexibility index (Phi) is 5.57. The first kappa shape index (κ1) is 21.8. The summed E-state index contributed by atoms with van der Waals surface area (Å²) in [6.45, 7) is 6.73. The Morgan fingerprint density at radius 1 is 1.12 bits per heavy atom. The molecule has 1 amide bonds. The van der Waals surface area contributed by atoms with E-state index in [4.69, 9.17) is 9.47 Å². The van der Waals surface area contributed by atoms with Crippen LogP contribution in [0.15, 0.2) is 59.4 Å². The van der Waals surface area contributed by atoms with Crippen molar-refractivity contribution >= 4 is 16.9 Å². The summed E-state index contributed by atoms with van der Waals surface area (Å²) >= 11 is 0. The van der Waals surface area contributed by atoms with Gasteiger partial charge >= 0.3 is 0 Å². The van der Waals surface area contributed by atoms with Crippen molar-refractivity contribution in [3.05, 3.63) is 76.2 Å². The van der Waals surface area contributed by atoms with E-state index in [9.17, 15) is 9.59 Å². The first-order chi connectivity index (χ1) is 16.5. The van der Waals surface area contributed by atoms with Crippen LogP contribution in [0.1, 0.15) is 31.1 Å². The van der Waals surface area contributed by atoms with Crippen LogP contribution in [0.4, 0.5) is 0 Å². The van der Waals surface area contributed by atoms with Crippen molar-refractivity contribution in [3.8, 4) is 22.6 Å². The smallest absolute Gasteiger partial charge is 0.253 e. The quantitative estimate of drug-likeness (QED) is 0.475. The van der Waals surface area contributed by atoms with E-state index in [0.717, 1.165) is 27.8 Å². The highest BCUT2D eigenvalue weighted by atomic mass is 16.7. The molecule has 0 aliphatic carbocycles. The van der Waals surface area contributed by atoms with Gasteiger partial charge in [0.25, 0.3) is 5.56 Å². The molecule has 2 aromatic carbocycles. The largest absolute Gasteiger partial charge is 0.454 e. The number of benzene rings is 2. The topological polar surface area (TPSA) is 87.4 Å². The minimum atomic E-state index is -0.727. The third-order valence-electron chi connectivity index (χ3n) is 6.16. The molecule has 1 unspecified atom stereocenters. The lowest BCUT2D eigenvalue weighted by molar-refractivity contribution is -0.124. The number of hydrogen-bond acceptors (Lipinski definition) is 5. The number of aromatic nitrogens is 3. The standard InChI is InChI=1S/C26H26N4O4/c1-4-29-26-24(16(2)28-29)20(19-8-6-5-7-9-19)13-23(31)30(26)17(3)25(32)27-14-18-10-11-21-22(12-18)34-15-33-21/h5-13,17H,4,14-15H2,1-3H3,(H,27,32). The monoisotopic (exact) mass is 458 g/mol. The zero-order valence-electron chi connectivity index (χ0n) is 19.4. The van der Waals surface area contributed by atoms with Crippen LogP contribution in [-0.4, -0.2) is 27.0 Å². The maximum absolute atomic E-state index is 13.4. The first-order valence-electron chi connectivity index (χ1n) is 11.3. The molecule has 2 aromatic heterocycles. The molecule has 8 heteroatoms. The molecule has 174 valence electrons. The summed E-state index contributed by atoms with van der Waals surface area (Å²) in [7, 11) is 0. The number of rotatable bonds is 6. The summed E-state index contributed by atoms with van der Waals surface area (Å²) in [6.07, 6.45) is 0. The highest BCUT2D eigenvalue weighted by Gasteiger charge is 2.24. The lowest BCUT2D eigenvalue weighted by Gasteiger charge is -2.19. The van der Waals surface area contributed by atoms with E-state index in [0.29, 0.717) is 30.2 Å². The predicted molar refractivity (Wildman–Crippen MR) is 129 cm³/mol. The van der Waals surface area contributed by atoms with Gasteiger partial charge in [-0.05, 0) is 49.6 Å². The summed E-state index contributed by atoms with van der Waals surface area (Å²) in [4.78, 5) is 26.5. The molecule has 8 nitrogen and oxygen atoms in total. The predicted octanol–water partition coefficient (Wildman–Crippen LogP) is 3.80. The third kappa shape index (κ3) is 3.71. The number of carbonyl (C=O) groups is 1. The summed E-state index contributed by atoms with van der Waals surface area (Å²) in [5.74, 6) is 1.10. The van der Waals surface area contributed by atoms with Gasteiger partial charge in [-0.15, -0.1) is 0 Å². The molecule has 1 atom stereocenters.